The molecule has 0 amide bonds. The van der Waals surface area contributed by atoms with Crippen LogP contribution in [0.15, 0.2) is 18.2 Å². The number of aldehydes is 1. The number of benzene rings is 1. The Balaban J connectivity index is 2.60. The summed E-state index contributed by atoms with van der Waals surface area (Å²) in [5, 5.41) is 0. The molecule has 1 aliphatic heterocycles. The minimum atomic E-state index is -3.89. The molecule has 0 radical (unpaired) electrons. The van der Waals surface area contributed by atoms with E-state index in [9.17, 15) is 17.6 Å². The molecule has 1 saturated heterocycles. The average Bonchev–Trinajstić information content (AvgIpc) is 2.48. The third-order valence-corrected chi connectivity index (χ3v) is 5.69. The number of hydrogen-bond acceptors (Lipinski definition) is 5. The fourth-order valence-electron chi connectivity index (χ4n) is 2.46. The van der Waals surface area contributed by atoms with Crippen molar-refractivity contribution in [3.05, 3.63) is 35.1 Å². The standard InChI is InChI=1S/C13H15FO5S/c1-18-20(16,17)13(4-6-19-7-5-13)11-2-3-12(14)10(8-11)9-15/h2-3,8-9H,4-7H2,1H3. The smallest absolute Gasteiger partial charge is 0.277 e. The highest BCUT2D eigenvalue weighted by molar-refractivity contribution is 7.87. The number of rotatable bonds is 4. The van der Waals surface area contributed by atoms with Crippen molar-refractivity contribution in [3.8, 4) is 0 Å². The minimum absolute atomic E-state index is 0.167. The molecule has 0 aromatic heterocycles. The Bertz CT molecular complexity index is 605. The highest BCUT2D eigenvalue weighted by Crippen LogP contribution is 2.41. The maximum atomic E-state index is 13.4. The second-order valence-corrected chi connectivity index (χ2v) is 6.60. The lowest BCUT2D eigenvalue weighted by molar-refractivity contribution is 0.0707. The largest absolute Gasteiger partial charge is 0.381 e. The van der Waals surface area contributed by atoms with Gasteiger partial charge in [-0.15, -0.1) is 0 Å². The van der Waals surface area contributed by atoms with Crippen molar-refractivity contribution in [1.29, 1.82) is 0 Å². The summed E-state index contributed by atoms with van der Waals surface area (Å²) < 4.78 is 46.6. The van der Waals surface area contributed by atoms with E-state index in [-0.39, 0.29) is 31.6 Å². The number of carbonyl (C=O) groups excluding carboxylic acids is 1. The molecule has 0 aliphatic carbocycles. The number of hydrogen-bond donors (Lipinski definition) is 0. The molecule has 20 heavy (non-hydrogen) atoms. The van der Waals surface area contributed by atoms with E-state index >= 15 is 0 Å². The van der Waals surface area contributed by atoms with Crippen LogP contribution in [0.1, 0.15) is 28.8 Å². The molecule has 0 spiro atoms. The molecule has 0 atom stereocenters. The molecule has 0 saturated carbocycles. The fourth-order valence-corrected chi connectivity index (χ4v) is 3.86. The van der Waals surface area contributed by atoms with Gasteiger partial charge in [-0.3, -0.25) is 8.98 Å². The van der Waals surface area contributed by atoms with Crippen LogP contribution < -0.4 is 0 Å². The van der Waals surface area contributed by atoms with E-state index in [1.165, 1.54) is 12.1 Å². The Morgan fingerprint density at radius 1 is 1.35 bits per heavy atom. The Morgan fingerprint density at radius 2 is 2.00 bits per heavy atom. The summed E-state index contributed by atoms with van der Waals surface area (Å²) in [5.41, 5.74) is 0.186. The van der Waals surface area contributed by atoms with Crippen molar-refractivity contribution >= 4 is 16.4 Å². The van der Waals surface area contributed by atoms with Crippen molar-refractivity contribution < 1.29 is 26.5 Å². The second-order valence-electron chi connectivity index (χ2n) is 4.58. The van der Waals surface area contributed by atoms with E-state index in [2.05, 4.69) is 4.18 Å². The maximum absolute atomic E-state index is 13.4. The molecule has 1 aromatic rings. The van der Waals surface area contributed by atoms with Crippen LogP contribution in [0.5, 0.6) is 0 Å². The van der Waals surface area contributed by atoms with Gasteiger partial charge in [0.05, 0.1) is 12.7 Å². The monoisotopic (exact) mass is 302 g/mol. The molecule has 0 unspecified atom stereocenters. The molecule has 7 heteroatoms. The molecule has 1 aromatic carbocycles. The Kier molecular flexibility index (Phi) is 4.22. The zero-order chi connectivity index (χ0) is 14.8. The van der Waals surface area contributed by atoms with Crippen LogP contribution in [0, 0.1) is 5.82 Å². The second kappa shape index (κ2) is 5.59. The molecule has 1 fully saturated rings. The zero-order valence-corrected chi connectivity index (χ0v) is 11.8. The Morgan fingerprint density at radius 3 is 2.55 bits per heavy atom. The zero-order valence-electron chi connectivity index (χ0n) is 11.0. The van der Waals surface area contributed by atoms with Crippen molar-refractivity contribution in [1.82, 2.24) is 0 Å². The van der Waals surface area contributed by atoms with Gasteiger partial charge in [0.25, 0.3) is 10.1 Å². The van der Waals surface area contributed by atoms with Crippen molar-refractivity contribution in [3.63, 3.8) is 0 Å². The van der Waals surface area contributed by atoms with Gasteiger partial charge in [0.1, 0.15) is 10.6 Å². The lowest BCUT2D eigenvalue weighted by Crippen LogP contribution is -2.42. The van der Waals surface area contributed by atoms with Crippen LogP contribution in [0.25, 0.3) is 0 Å². The lowest BCUT2D eigenvalue weighted by Gasteiger charge is -2.35. The first-order chi connectivity index (χ1) is 9.47. The SMILES string of the molecule is COS(=O)(=O)C1(c2ccc(F)c(C=O)c2)CCOCC1. The summed E-state index contributed by atoms with van der Waals surface area (Å²) in [6.45, 7) is 0.521. The first-order valence-corrected chi connectivity index (χ1v) is 7.51. The molecule has 5 nitrogen and oxygen atoms in total. The molecule has 0 N–H and O–H groups in total. The van der Waals surface area contributed by atoms with Gasteiger partial charge in [-0.25, -0.2) is 4.39 Å². The van der Waals surface area contributed by atoms with E-state index in [1.807, 2.05) is 0 Å². The van der Waals surface area contributed by atoms with Crippen LogP contribution in [0.3, 0.4) is 0 Å². The molecule has 110 valence electrons. The number of carbonyl (C=O) groups is 1. The fraction of sp³-hybridized carbons (Fsp3) is 0.462. The van der Waals surface area contributed by atoms with E-state index in [4.69, 9.17) is 4.74 Å². The highest BCUT2D eigenvalue weighted by Gasteiger charge is 2.47. The van der Waals surface area contributed by atoms with Crippen LogP contribution in [-0.4, -0.2) is 35.0 Å². The van der Waals surface area contributed by atoms with Gasteiger partial charge in [-0.05, 0) is 30.5 Å². The van der Waals surface area contributed by atoms with Gasteiger partial charge < -0.3 is 4.74 Å². The summed E-state index contributed by atoms with van der Waals surface area (Å²) >= 11 is 0. The quantitative estimate of drug-likeness (QED) is 0.624. The topological polar surface area (TPSA) is 69.7 Å². The average molecular weight is 302 g/mol. The third-order valence-electron chi connectivity index (χ3n) is 3.65. The van der Waals surface area contributed by atoms with E-state index < -0.39 is 20.7 Å². The number of ether oxygens (including phenoxy) is 1. The molecule has 2 rings (SSSR count). The minimum Gasteiger partial charge on any atom is -0.381 e. The van der Waals surface area contributed by atoms with Crippen molar-refractivity contribution in [2.24, 2.45) is 0 Å². The van der Waals surface area contributed by atoms with Crippen LogP contribution in [-0.2, 0) is 23.8 Å². The van der Waals surface area contributed by atoms with Crippen molar-refractivity contribution in [2.45, 2.75) is 17.6 Å². The van der Waals surface area contributed by atoms with E-state index in [0.29, 0.717) is 11.8 Å². The van der Waals surface area contributed by atoms with Gasteiger partial charge in [0, 0.05) is 13.2 Å². The summed E-state index contributed by atoms with van der Waals surface area (Å²) in [6, 6.07) is 3.75. The van der Waals surface area contributed by atoms with Crippen LogP contribution in [0.4, 0.5) is 4.39 Å². The summed E-state index contributed by atoms with van der Waals surface area (Å²) in [7, 11) is -2.80. The predicted molar refractivity (Wildman–Crippen MR) is 69.4 cm³/mol. The van der Waals surface area contributed by atoms with Gasteiger partial charge in [0.15, 0.2) is 6.29 Å². The number of halogens is 1. The van der Waals surface area contributed by atoms with Crippen molar-refractivity contribution in [2.75, 3.05) is 20.3 Å². The van der Waals surface area contributed by atoms with E-state index in [0.717, 1.165) is 13.2 Å². The first-order valence-electron chi connectivity index (χ1n) is 6.10. The Labute approximate surface area is 116 Å². The maximum Gasteiger partial charge on any atom is 0.277 e. The lowest BCUT2D eigenvalue weighted by atomic mass is 9.89. The van der Waals surface area contributed by atoms with Crippen LogP contribution in [0.2, 0.25) is 0 Å². The normalized spacial score (nSPS) is 18.7. The molecule has 1 heterocycles. The molecular formula is C13H15FO5S. The molecule has 1 aliphatic rings. The van der Waals surface area contributed by atoms with Gasteiger partial charge in [-0.1, -0.05) is 6.07 Å². The highest BCUT2D eigenvalue weighted by atomic mass is 32.2. The van der Waals surface area contributed by atoms with Crippen LogP contribution >= 0.6 is 0 Å². The summed E-state index contributed by atoms with van der Waals surface area (Å²) in [6.07, 6.45) is 0.769. The third kappa shape index (κ3) is 2.36. The predicted octanol–water partition coefficient (Wildman–Crippen LogP) is 1.62. The summed E-state index contributed by atoms with van der Waals surface area (Å²) in [5.74, 6) is -0.680. The summed E-state index contributed by atoms with van der Waals surface area (Å²) in [4.78, 5) is 10.8. The van der Waals surface area contributed by atoms with E-state index in [1.54, 1.807) is 0 Å². The molecule has 0 bridgehead atoms. The van der Waals surface area contributed by atoms with Gasteiger partial charge >= 0.3 is 0 Å². The van der Waals surface area contributed by atoms with Gasteiger partial charge in [-0.2, -0.15) is 8.42 Å². The Hall–Kier alpha value is -1.31. The molecular weight excluding hydrogens is 287 g/mol. The van der Waals surface area contributed by atoms with Gasteiger partial charge in [0.2, 0.25) is 0 Å². The first kappa shape index (κ1) is 15.1.